The maximum absolute atomic E-state index is 12.4. The molecule has 2 aromatic rings. The number of ether oxygens (including phenoxy) is 1. The molecule has 1 fully saturated rings. The number of benzene rings is 1. The lowest BCUT2D eigenvalue weighted by atomic mass is 10.0. The molecule has 7 heteroatoms. The van der Waals surface area contributed by atoms with Crippen LogP contribution in [-0.4, -0.2) is 36.5 Å². The lowest BCUT2D eigenvalue weighted by Crippen LogP contribution is -2.60. The number of aryl methyl sites for hydroxylation is 2. The highest BCUT2D eigenvalue weighted by Gasteiger charge is 2.37. The summed E-state index contributed by atoms with van der Waals surface area (Å²) in [6, 6.07) is 2.76. The van der Waals surface area contributed by atoms with Gasteiger partial charge < -0.3 is 25.1 Å². The molecule has 3 N–H and O–H groups in total. The molecule has 1 aromatic carbocycles. The van der Waals surface area contributed by atoms with E-state index in [1.807, 2.05) is 32.9 Å². The van der Waals surface area contributed by atoms with Gasteiger partial charge in [0.15, 0.2) is 11.3 Å². The summed E-state index contributed by atoms with van der Waals surface area (Å²) in [5, 5.41) is 3.85. The monoisotopic (exact) mass is 345 g/mol. The number of nitrogens with one attached hydrogen (secondary N) is 1. The van der Waals surface area contributed by atoms with Gasteiger partial charge in [0.05, 0.1) is 13.2 Å². The molecule has 1 saturated heterocycles. The van der Waals surface area contributed by atoms with Gasteiger partial charge in [-0.1, -0.05) is 0 Å². The summed E-state index contributed by atoms with van der Waals surface area (Å²) in [6.45, 7) is 6.32. The summed E-state index contributed by atoms with van der Waals surface area (Å²) >= 11 is 0. The van der Waals surface area contributed by atoms with Gasteiger partial charge >= 0.3 is 6.03 Å². The van der Waals surface area contributed by atoms with E-state index in [4.69, 9.17) is 14.9 Å². The lowest BCUT2D eigenvalue weighted by molar-refractivity contribution is -0.125. The Balaban J connectivity index is 1.85. The van der Waals surface area contributed by atoms with Crippen LogP contribution in [-0.2, 0) is 4.79 Å². The Hall–Kier alpha value is -2.70. The maximum atomic E-state index is 12.4. The summed E-state index contributed by atoms with van der Waals surface area (Å²) in [6.07, 6.45) is 0.608. The second-order valence-electron chi connectivity index (χ2n) is 6.51. The molecule has 7 nitrogen and oxygen atoms in total. The molecule has 3 amide bonds. The van der Waals surface area contributed by atoms with Crippen molar-refractivity contribution in [2.45, 2.75) is 39.3 Å². The fraction of sp³-hybridized carbons (Fsp3) is 0.444. The van der Waals surface area contributed by atoms with Gasteiger partial charge in [0.2, 0.25) is 5.91 Å². The Labute approximate surface area is 146 Å². The Bertz CT molecular complexity index is 842. The molecule has 0 bridgehead atoms. The predicted molar refractivity (Wildman–Crippen MR) is 93.5 cm³/mol. The van der Waals surface area contributed by atoms with Crippen molar-refractivity contribution in [3.8, 4) is 5.75 Å². The van der Waals surface area contributed by atoms with E-state index in [9.17, 15) is 9.59 Å². The van der Waals surface area contributed by atoms with Gasteiger partial charge in [-0.2, -0.15) is 0 Å². The number of rotatable bonds is 4. The van der Waals surface area contributed by atoms with Crippen molar-refractivity contribution in [1.82, 2.24) is 10.2 Å². The molecule has 1 aliphatic heterocycles. The van der Waals surface area contributed by atoms with Gasteiger partial charge in [0.25, 0.3) is 0 Å². The predicted octanol–water partition coefficient (Wildman–Crippen LogP) is 2.39. The van der Waals surface area contributed by atoms with Crippen molar-refractivity contribution < 1.29 is 18.7 Å². The number of hydrogen-bond donors (Lipinski definition) is 2. The largest absolute Gasteiger partial charge is 0.493 e. The molecule has 2 heterocycles. The van der Waals surface area contributed by atoms with Crippen LogP contribution in [0.5, 0.6) is 5.75 Å². The number of nitrogens with two attached hydrogens (primary N) is 1. The van der Waals surface area contributed by atoms with Crippen molar-refractivity contribution >= 4 is 22.9 Å². The first-order valence-electron chi connectivity index (χ1n) is 8.27. The number of hydrogen-bond acceptors (Lipinski definition) is 4. The van der Waals surface area contributed by atoms with Crippen LogP contribution >= 0.6 is 0 Å². The van der Waals surface area contributed by atoms with Gasteiger partial charge in [-0.05, 0) is 44.9 Å². The van der Waals surface area contributed by atoms with Gasteiger partial charge in [0.1, 0.15) is 11.8 Å². The zero-order valence-corrected chi connectivity index (χ0v) is 14.9. The van der Waals surface area contributed by atoms with Crippen LogP contribution in [0.1, 0.15) is 36.3 Å². The van der Waals surface area contributed by atoms with E-state index in [1.165, 1.54) is 4.90 Å². The molecule has 1 aliphatic rings. The fourth-order valence-electron chi connectivity index (χ4n) is 3.27. The minimum absolute atomic E-state index is 0.314. The van der Waals surface area contributed by atoms with Gasteiger partial charge in [0, 0.05) is 17.5 Å². The summed E-state index contributed by atoms with van der Waals surface area (Å²) in [4.78, 5) is 25.1. The number of urea groups is 1. The molecule has 0 spiro atoms. The van der Waals surface area contributed by atoms with E-state index in [-0.39, 0.29) is 12.1 Å². The highest BCUT2D eigenvalue weighted by Crippen LogP contribution is 2.36. The normalized spacial score (nSPS) is 17.9. The molecule has 2 atom stereocenters. The molecule has 1 aromatic heterocycles. The van der Waals surface area contributed by atoms with Crippen molar-refractivity contribution in [3.05, 3.63) is 29.0 Å². The Morgan fingerprint density at radius 3 is 2.68 bits per heavy atom. The number of carbonyl (C=O) groups excluding carboxylic acids is 2. The SMILES string of the molecule is COc1cc(C)cc2c(C)c(C(C)NC(=O)N3CCC3C(N)=O)oc12. The highest BCUT2D eigenvalue weighted by atomic mass is 16.5. The first kappa shape index (κ1) is 17.1. The Morgan fingerprint density at radius 1 is 1.40 bits per heavy atom. The molecule has 0 aliphatic carbocycles. The van der Waals surface area contributed by atoms with E-state index in [1.54, 1.807) is 7.11 Å². The fourth-order valence-corrected chi connectivity index (χ4v) is 3.27. The molecular formula is C18H23N3O4. The molecule has 134 valence electrons. The maximum Gasteiger partial charge on any atom is 0.318 e. The van der Waals surface area contributed by atoms with Crippen LogP contribution in [0.25, 0.3) is 11.0 Å². The van der Waals surface area contributed by atoms with E-state index < -0.39 is 11.9 Å². The number of methoxy groups -OCH3 is 1. The second-order valence-corrected chi connectivity index (χ2v) is 6.51. The van der Waals surface area contributed by atoms with Crippen LogP contribution in [0.4, 0.5) is 4.79 Å². The third-order valence-corrected chi connectivity index (χ3v) is 4.75. The minimum atomic E-state index is -0.522. The van der Waals surface area contributed by atoms with E-state index >= 15 is 0 Å². The number of amides is 3. The summed E-state index contributed by atoms with van der Waals surface area (Å²) < 4.78 is 11.4. The zero-order chi connectivity index (χ0) is 18.3. The Kier molecular flexibility index (Phi) is 4.32. The first-order valence-corrected chi connectivity index (χ1v) is 8.27. The first-order chi connectivity index (χ1) is 11.8. The second kappa shape index (κ2) is 6.31. The van der Waals surface area contributed by atoms with Crippen LogP contribution in [0.2, 0.25) is 0 Å². The average molecular weight is 345 g/mol. The van der Waals surface area contributed by atoms with Crippen molar-refractivity contribution in [2.75, 3.05) is 13.7 Å². The van der Waals surface area contributed by atoms with Crippen LogP contribution in [0.3, 0.4) is 0 Å². The number of primary amides is 1. The number of fused-ring (bicyclic) bond motifs is 1. The lowest BCUT2D eigenvalue weighted by Gasteiger charge is -2.39. The van der Waals surface area contributed by atoms with Gasteiger partial charge in [-0.3, -0.25) is 4.79 Å². The third kappa shape index (κ3) is 2.90. The number of likely N-dealkylation sites (tertiary alicyclic amines) is 1. The number of nitrogens with zero attached hydrogens (tertiary/aromatic N) is 1. The molecule has 3 rings (SSSR count). The minimum Gasteiger partial charge on any atom is -0.493 e. The molecule has 25 heavy (non-hydrogen) atoms. The van der Waals surface area contributed by atoms with Crippen molar-refractivity contribution in [1.29, 1.82) is 0 Å². The number of furan rings is 1. The summed E-state index contributed by atoms with van der Waals surface area (Å²) in [7, 11) is 1.60. The van der Waals surface area contributed by atoms with Gasteiger partial charge in [-0.25, -0.2) is 4.79 Å². The van der Waals surface area contributed by atoms with Crippen LogP contribution in [0.15, 0.2) is 16.5 Å². The zero-order valence-electron chi connectivity index (χ0n) is 14.9. The quantitative estimate of drug-likeness (QED) is 0.889. The molecule has 2 unspecified atom stereocenters. The molecular weight excluding hydrogens is 322 g/mol. The topological polar surface area (TPSA) is 97.8 Å². The third-order valence-electron chi connectivity index (χ3n) is 4.75. The summed E-state index contributed by atoms with van der Waals surface area (Å²) in [5.41, 5.74) is 7.99. The molecule has 0 radical (unpaired) electrons. The van der Waals surface area contributed by atoms with E-state index in [2.05, 4.69) is 5.32 Å². The van der Waals surface area contributed by atoms with E-state index in [0.717, 1.165) is 16.5 Å². The van der Waals surface area contributed by atoms with E-state index in [0.29, 0.717) is 30.1 Å². The van der Waals surface area contributed by atoms with Crippen LogP contribution in [0, 0.1) is 13.8 Å². The summed E-state index contributed by atoms with van der Waals surface area (Å²) in [5.74, 6) is 0.858. The van der Waals surface area contributed by atoms with Crippen LogP contribution < -0.4 is 15.8 Å². The smallest absolute Gasteiger partial charge is 0.318 e. The Morgan fingerprint density at radius 2 is 2.12 bits per heavy atom. The van der Waals surface area contributed by atoms with Crippen molar-refractivity contribution in [2.24, 2.45) is 5.73 Å². The highest BCUT2D eigenvalue weighted by molar-refractivity contribution is 5.89. The average Bonchev–Trinajstić information content (AvgIpc) is 2.82. The molecule has 0 saturated carbocycles. The van der Waals surface area contributed by atoms with Gasteiger partial charge in [-0.15, -0.1) is 0 Å². The van der Waals surface area contributed by atoms with Crippen molar-refractivity contribution in [3.63, 3.8) is 0 Å². The number of carbonyl (C=O) groups is 2. The standard InChI is InChI=1S/C18H23N3O4/c1-9-7-12-10(2)15(25-16(12)14(8-9)24-4)11(3)20-18(23)21-6-5-13(21)17(19)22/h7-8,11,13H,5-6H2,1-4H3,(H2,19,22)(H,20,23).